The van der Waals surface area contributed by atoms with Gasteiger partial charge in [-0.3, -0.25) is 4.90 Å². The smallest absolute Gasteiger partial charge is 0.353 e. The molecule has 1 aliphatic rings. The Hall–Kier alpha value is -1.86. The van der Waals surface area contributed by atoms with Gasteiger partial charge in [-0.05, 0) is 31.0 Å². The van der Waals surface area contributed by atoms with E-state index in [1.165, 1.54) is 0 Å². The molecule has 0 radical (unpaired) electrons. The molecule has 2 aromatic rings. The van der Waals surface area contributed by atoms with E-state index in [0.29, 0.717) is 39.1 Å². The Morgan fingerprint density at radius 3 is 2.72 bits per heavy atom. The molecule has 25 heavy (non-hydrogen) atoms. The first kappa shape index (κ1) is 17.9. The molecular weight excluding hydrogens is 329 g/mol. The minimum absolute atomic E-state index is 0.324. The maximum absolute atomic E-state index is 13.0. The minimum Gasteiger partial charge on any atom is -0.353 e. The molecule has 1 atom stereocenters. The Morgan fingerprint density at radius 1 is 1.16 bits per heavy atom. The van der Waals surface area contributed by atoms with E-state index in [-0.39, 0.29) is 0 Å². The van der Waals surface area contributed by atoms with E-state index in [0.717, 1.165) is 16.6 Å². The molecule has 0 saturated carbocycles. The molecule has 0 aliphatic carbocycles. The Morgan fingerprint density at radius 2 is 1.96 bits per heavy atom. The number of anilines is 1. The zero-order valence-electron chi connectivity index (χ0n) is 14.0. The molecule has 1 aromatic carbocycles. The molecule has 1 saturated heterocycles. The van der Waals surface area contributed by atoms with Crippen molar-refractivity contribution in [2.24, 2.45) is 5.73 Å². The monoisotopic (exact) mass is 352 g/mol. The van der Waals surface area contributed by atoms with Crippen LogP contribution in [0.4, 0.5) is 19.0 Å². The van der Waals surface area contributed by atoms with Crippen LogP contribution in [-0.2, 0) is 0 Å². The number of piperazine rings is 1. The summed E-state index contributed by atoms with van der Waals surface area (Å²) in [6.07, 6.45) is -2.56. The molecule has 4 nitrogen and oxygen atoms in total. The number of rotatable bonds is 5. The van der Waals surface area contributed by atoms with Gasteiger partial charge in [0.05, 0.1) is 6.42 Å². The lowest BCUT2D eigenvalue weighted by molar-refractivity contribution is -0.147. The van der Waals surface area contributed by atoms with Gasteiger partial charge in [0.25, 0.3) is 0 Å². The number of nitrogens with zero attached hydrogens (tertiary/aromatic N) is 3. The van der Waals surface area contributed by atoms with Crippen LogP contribution in [0.15, 0.2) is 36.5 Å². The first-order valence-corrected chi connectivity index (χ1v) is 8.57. The fraction of sp³-hybridized carbons (Fsp3) is 0.500. The maximum atomic E-state index is 13.0. The lowest BCUT2D eigenvalue weighted by atomic mass is 10.1. The summed E-state index contributed by atoms with van der Waals surface area (Å²) in [5.74, 6) is 0.767. The molecular formula is C18H23F3N4. The summed E-state index contributed by atoms with van der Waals surface area (Å²) >= 11 is 0. The van der Waals surface area contributed by atoms with E-state index < -0.39 is 18.6 Å². The van der Waals surface area contributed by atoms with Gasteiger partial charge < -0.3 is 10.6 Å². The minimum atomic E-state index is -4.18. The second-order valence-electron chi connectivity index (χ2n) is 6.45. The standard InChI is InChI=1S/C18H23F3N4/c19-18(20,21)12-15-13-25(11-10-24(15)9-3-7-22)17-16-5-2-1-4-14(16)6-8-23-17/h1-2,4-6,8,15H,3,7,9-13,22H2. The van der Waals surface area contributed by atoms with Gasteiger partial charge in [-0.15, -0.1) is 0 Å². The molecule has 1 unspecified atom stereocenters. The van der Waals surface area contributed by atoms with Crippen LogP contribution in [0.5, 0.6) is 0 Å². The highest BCUT2D eigenvalue weighted by Crippen LogP contribution is 2.30. The van der Waals surface area contributed by atoms with Gasteiger partial charge in [0, 0.05) is 37.3 Å². The van der Waals surface area contributed by atoms with Crippen LogP contribution in [0, 0.1) is 0 Å². The highest BCUT2D eigenvalue weighted by molar-refractivity contribution is 5.92. The van der Waals surface area contributed by atoms with Crippen LogP contribution in [-0.4, -0.2) is 54.8 Å². The first-order valence-electron chi connectivity index (χ1n) is 8.57. The number of aromatic nitrogens is 1. The van der Waals surface area contributed by atoms with Crippen molar-refractivity contribution in [3.63, 3.8) is 0 Å². The van der Waals surface area contributed by atoms with Crippen molar-refractivity contribution >= 4 is 16.6 Å². The van der Waals surface area contributed by atoms with Crippen LogP contribution >= 0.6 is 0 Å². The zero-order valence-corrected chi connectivity index (χ0v) is 14.0. The third kappa shape index (κ3) is 4.41. The number of nitrogens with two attached hydrogens (primary N) is 1. The number of hydrogen-bond donors (Lipinski definition) is 1. The second-order valence-corrected chi connectivity index (χ2v) is 6.45. The molecule has 0 bridgehead atoms. The van der Waals surface area contributed by atoms with E-state index in [2.05, 4.69) is 4.98 Å². The van der Waals surface area contributed by atoms with Crippen LogP contribution < -0.4 is 10.6 Å². The highest BCUT2D eigenvalue weighted by Gasteiger charge is 2.37. The number of alkyl halides is 3. The summed E-state index contributed by atoms with van der Waals surface area (Å²) < 4.78 is 39.1. The van der Waals surface area contributed by atoms with Crippen LogP contribution in [0.3, 0.4) is 0 Å². The summed E-state index contributed by atoms with van der Waals surface area (Å²) in [6.45, 7) is 2.68. The van der Waals surface area contributed by atoms with Crippen molar-refractivity contribution in [2.75, 3.05) is 37.6 Å². The fourth-order valence-corrected chi connectivity index (χ4v) is 3.49. The van der Waals surface area contributed by atoms with Crippen molar-refractivity contribution in [2.45, 2.75) is 25.1 Å². The molecule has 0 spiro atoms. The summed E-state index contributed by atoms with van der Waals surface area (Å²) in [6, 6.07) is 9.19. The summed E-state index contributed by atoms with van der Waals surface area (Å²) in [7, 11) is 0. The molecule has 136 valence electrons. The second kappa shape index (κ2) is 7.58. The van der Waals surface area contributed by atoms with Gasteiger partial charge in [0.15, 0.2) is 0 Å². The van der Waals surface area contributed by atoms with Crippen molar-refractivity contribution in [3.05, 3.63) is 36.5 Å². The van der Waals surface area contributed by atoms with E-state index in [4.69, 9.17) is 5.73 Å². The van der Waals surface area contributed by atoms with Crippen LogP contribution in [0.25, 0.3) is 10.8 Å². The van der Waals surface area contributed by atoms with Gasteiger partial charge in [0.1, 0.15) is 5.82 Å². The van der Waals surface area contributed by atoms with E-state index in [9.17, 15) is 13.2 Å². The third-order valence-corrected chi connectivity index (χ3v) is 4.67. The van der Waals surface area contributed by atoms with Gasteiger partial charge in [-0.25, -0.2) is 4.98 Å². The molecule has 1 aromatic heterocycles. The maximum Gasteiger partial charge on any atom is 0.390 e. The predicted octanol–water partition coefficient (Wildman–Crippen LogP) is 3.03. The number of halogens is 3. The summed E-state index contributed by atoms with van der Waals surface area (Å²) in [5.41, 5.74) is 5.53. The molecule has 2 heterocycles. The third-order valence-electron chi connectivity index (χ3n) is 4.67. The van der Waals surface area contributed by atoms with Crippen LogP contribution in [0.2, 0.25) is 0 Å². The largest absolute Gasteiger partial charge is 0.390 e. The van der Waals surface area contributed by atoms with Gasteiger partial charge in [-0.1, -0.05) is 24.3 Å². The Bertz CT molecular complexity index is 699. The number of fused-ring (bicyclic) bond motifs is 1. The van der Waals surface area contributed by atoms with Gasteiger partial charge in [0.2, 0.25) is 0 Å². The lowest BCUT2D eigenvalue weighted by Crippen LogP contribution is -2.55. The molecule has 3 rings (SSSR count). The Balaban J connectivity index is 1.83. The summed E-state index contributed by atoms with van der Waals surface area (Å²) in [4.78, 5) is 8.36. The zero-order chi connectivity index (χ0) is 17.9. The van der Waals surface area contributed by atoms with Gasteiger partial charge >= 0.3 is 6.18 Å². The van der Waals surface area contributed by atoms with Crippen LogP contribution in [0.1, 0.15) is 12.8 Å². The normalized spacial score (nSPS) is 19.5. The molecule has 0 amide bonds. The van der Waals surface area contributed by atoms with Gasteiger partial charge in [-0.2, -0.15) is 13.2 Å². The Kier molecular flexibility index (Phi) is 5.44. The summed E-state index contributed by atoms with van der Waals surface area (Å²) in [5, 5.41) is 2.02. The average Bonchev–Trinajstić information content (AvgIpc) is 2.59. The molecule has 7 heteroatoms. The average molecular weight is 352 g/mol. The quantitative estimate of drug-likeness (QED) is 0.898. The topological polar surface area (TPSA) is 45.4 Å². The predicted molar refractivity (Wildman–Crippen MR) is 93.7 cm³/mol. The molecule has 1 fully saturated rings. The fourth-order valence-electron chi connectivity index (χ4n) is 3.49. The van der Waals surface area contributed by atoms with Crippen molar-refractivity contribution in [1.29, 1.82) is 0 Å². The number of pyridine rings is 1. The number of hydrogen-bond acceptors (Lipinski definition) is 4. The van der Waals surface area contributed by atoms with E-state index in [1.807, 2.05) is 40.1 Å². The lowest BCUT2D eigenvalue weighted by Gasteiger charge is -2.42. The van der Waals surface area contributed by atoms with Crippen molar-refractivity contribution in [3.8, 4) is 0 Å². The van der Waals surface area contributed by atoms with E-state index >= 15 is 0 Å². The van der Waals surface area contributed by atoms with E-state index in [1.54, 1.807) is 6.20 Å². The highest BCUT2D eigenvalue weighted by atomic mass is 19.4. The number of benzene rings is 1. The van der Waals surface area contributed by atoms with Crippen molar-refractivity contribution < 1.29 is 13.2 Å². The Labute approximate surface area is 145 Å². The van der Waals surface area contributed by atoms with Crippen molar-refractivity contribution in [1.82, 2.24) is 9.88 Å². The SMILES string of the molecule is NCCCN1CCN(c2nccc3ccccc23)CC1CC(F)(F)F. The molecule has 1 aliphatic heterocycles. The first-order chi connectivity index (χ1) is 12.0. The molecule has 2 N–H and O–H groups in total.